The van der Waals surface area contributed by atoms with Gasteiger partial charge in [-0.05, 0) is 18.6 Å². The van der Waals surface area contributed by atoms with Crippen molar-refractivity contribution in [2.24, 2.45) is 0 Å². The van der Waals surface area contributed by atoms with Gasteiger partial charge in [0.15, 0.2) is 0 Å². The van der Waals surface area contributed by atoms with Crippen molar-refractivity contribution in [3.63, 3.8) is 0 Å². The normalized spacial score (nSPS) is 8.67. The van der Waals surface area contributed by atoms with Gasteiger partial charge in [-0.2, -0.15) is 0 Å². The summed E-state index contributed by atoms with van der Waals surface area (Å²) < 4.78 is 0. The summed E-state index contributed by atoms with van der Waals surface area (Å²) in [4.78, 5) is 0. The second-order valence-corrected chi connectivity index (χ2v) is 2.95. The number of halogens is 2. The van der Waals surface area contributed by atoms with Gasteiger partial charge in [-0.1, -0.05) is 42.3 Å². The predicted octanol–water partition coefficient (Wildman–Crippen LogP) is 3.38. The van der Waals surface area contributed by atoms with Crippen LogP contribution < -0.4 is 0 Å². The van der Waals surface area contributed by atoms with Crippen molar-refractivity contribution in [1.29, 1.82) is 0 Å². The van der Waals surface area contributed by atoms with E-state index in [0.717, 1.165) is 6.42 Å². The molecule has 0 saturated heterocycles. The average Bonchev–Trinajstić information content (AvgIpc) is 2.11. The highest BCUT2D eigenvalue weighted by Gasteiger charge is 1.89. The third kappa shape index (κ3) is 5.42. The number of hydrogen-bond acceptors (Lipinski definition) is 1. The number of aliphatic hydroxyl groups is 1. The third-order valence-electron chi connectivity index (χ3n) is 1.05. The molecule has 0 aromatic heterocycles. The van der Waals surface area contributed by atoms with E-state index in [4.69, 9.17) is 28.3 Å². The highest BCUT2D eigenvalue weighted by atomic mass is 35.5. The fourth-order valence-electron chi connectivity index (χ4n) is 0.439. The quantitative estimate of drug-likeness (QED) is 0.748. The molecule has 0 heterocycles. The van der Waals surface area contributed by atoms with E-state index in [9.17, 15) is 0 Å². The average molecular weight is 207 g/mol. The summed E-state index contributed by atoms with van der Waals surface area (Å²) >= 11 is 11.2. The Morgan fingerprint density at radius 3 is 1.67 bits per heavy atom. The highest BCUT2D eigenvalue weighted by Crippen LogP contribution is 2.19. The maximum Gasteiger partial charge on any atom is 0.0592 e. The Balaban J connectivity index is 0.000000261. The molecule has 12 heavy (non-hydrogen) atoms. The van der Waals surface area contributed by atoms with E-state index in [2.05, 4.69) is 0 Å². The molecular weight excluding hydrogens is 195 g/mol. The zero-order valence-electron chi connectivity index (χ0n) is 6.93. The minimum absolute atomic E-state index is 0.319. The largest absolute Gasteiger partial charge is 0.396 e. The van der Waals surface area contributed by atoms with E-state index in [0.29, 0.717) is 16.7 Å². The topological polar surface area (TPSA) is 20.2 Å². The van der Waals surface area contributed by atoms with E-state index < -0.39 is 0 Å². The lowest BCUT2D eigenvalue weighted by atomic mass is 10.4. The molecule has 3 heteroatoms. The molecule has 0 radical (unpaired) electrons. The van der Waals surface area contributed by atoms with Crippen LogP contribution in [0.25, 0.3) is 0 Å². The molecule has 0 aliphatic rings. The lowest BCUT2D eigenvalue weighted by Gasteiger charge is -1.88. The van der Waals surface area contributed by atoms with Crippen LogP contribution in [0.3, 0.4) is 0 Å². The molecule has 0 spiro atoms. The fourth-order valence-corrected chi connectivity index (χ4v) is 0.711. The van der Waals surface area contributed by atoms with Crippen molar-refractivity contribution in [3.8, 4) is 0 Å². The number of benzene rings is 1. The van der Waals surface area contributed by atoms with Gasteiger partial charge in [-0.3, -0.25) is 0 Å². The molecule has 1 rings (SSSR count). The number of rotatable bonds is 1. The third-order valence-corrected chi connectivity index (χ3v) is 1.80. The molecule has 1 aromatic carbocycles. The smallest absolute Gasteiger partial charge is 0.0592 e. The first-order valence-electron chi connectivity index (χ1n) is 3.73. The Bertz CT molecular complexity index is 190. The molecular formula is C9H12Cl2O. The van der Waals surface area contributed by atoms with Gasteiger partial charge in [0.05, 0.1) is 10.0 Å². The molecule has 0 saturated carbocycles. The second kappa shape index (κ2) is 7.41. The zero-order valence-corrected chi connectivity index (χ0v) is 8.44. The maximum atomic E-state index is 7.88. The first-order chi connectivity index (χ1) is 5.72. The molecule has 0 fully saturated rings. The fraction of sp³-hybridized carbons (Fsp3) is 0.333. The Labute approximate surface area is 82.9 Å². The predicted molar refractivity (Wildman–Crippen MR) is 53.8 cm³/mol. The van der Waals surface area contributed by atoms with E-state index in [-0.39, 0.29) is 0 Å². The van der Waals surface area contributed by atoms with Gasteiger partial charge < -0.3 is 5.11 Å². The Morgan fingerprint density at radius 1 is 1.17 bits per heavy atom. The summed E-state index contributed by atoms with van der Waals surface area (Å²) in [5.74, 6) is 0. The second-order valence-electron chi connectivity index (χ2n) is 2.14. The molecule has 0 atom stereocenters. The summed E-state index contributed by atoms with van der Waals surface area (Å²) in [5.41, 5.74) is 0. The summed E-state index contributed by atoms with van der Waals surface area (Å²) in [5, 5.41) is 9.09. The van der Waals surface area contributed by atoms with Crippen molar-refractivity contribution in [3.05, 3.63) is 34.3 Å². The monoisotopic (exact) mass is 206 g/mol. The first kappa shape index (κ1) is 11.8. The zero-order chi connectivity index (χ0) is 9.40. The summed E-state index contributed by atoms with van der Waals surface area (Å²) in [7, 11) is 0. The van der Waals surface area contributed by atoms with Crippen LogP contribution in [0.5, 0.6) is 0 Å². The van der Waals surface area contributed by atoms with E-state index in [1.54, 1.807) is 12.1 Å². The molecule has 1 nitrogen and oxygen atoms in total. The standard InChI is InChI=1S/C6H4Cl2.C3H8O/c7-5-3-1-2-4-6(5)8;1-2-3-4/h1-4H;4H,2-3H2,1H3. The van der Waals surface area contributed by atoms with Crippen LogP contribution in [-0.4, -0.2) is 11.7 Å². The minimum atomic E-state index is 0.319. The Kier molecular flexibility index (Phi) is 7.26. The molecule has 1 aromatic rings. The van der Waals surface area contributed by atoms with Crippen molar-refractivity contribution < 1.29 is 5.11 Å². The van der Waals surface area contributed by atoms with Gasteiger partial charge >= 0.3 is 0 Å². The van der Waals surface area contributed by atoms with E-state index in [1.165, 1.54) is 0 Å². The van der Waals surface area contributed by atoms with Crippen LogP contribution in [0.4, 0.5) is 0 Å². The SMILES string of the molecule is CCCO.Clc1ccccc1Cl. The van der Waals surface area contributed by atoms with Gasteiger partial charge in [0.25, 0.3) is 0 Å². The Morgan fingerprint density at radius 2 is 1.50 bits per heavy atom. The maximum absolute atomic E-state index is 7.88. The van der Waals surface area contributed by atoms with Gasteiger partial charge in [0, 0.05) is 6.61 Å². The van der Waals surface area contributed by atoms with Gasteiger partial charge in [-0.25, -0.2) is 0 Å². The summed E-state index contributed by atoms with van der Waals surface area (Å²) in [6.07, 6.45) is 0.875. The first-order valence-corrected chi connectivity index (χ1v) is 4.48. The van der Waals surface area contributed by atoms with Crippen molar-refractivity contribution in [1.82, 2.24) is 0 Å². The van der Waals surface area contributed by atoms with Crippen LogP contribution in [0.15, 0.2) is 24.3 Å². The molecule has 0 bridgehead atoms. The molecule has 1 N–H and O–H groups in total. The van der Waals surface area contributed by atoms with Crippen molar-refractivity contribution in [2.45, 2.75) is 13.3 Å². The number of hydrogen-bond donors (Lipinski definition) is 1. The molecule has 0 amide bonds. The van der Waals surface area contributed by atoms with E-state index >= 15 is 0 Å². The Hall–Kier alpha value is -0.240. The molecule has 68 valence electrons. The van der Waals surface area contributed by atoms with Crippen LogP contribution in [0.1, 0.15) is 13.3 Å². The van der Waals surface area contributed by atoms with E-state index in [1.807, 2.05) is 19.1 Å². The molecule has 0 aliphatic carbocycles. The van der Waals surface area contributed by atoms with Crippen LogP contribution in [-0.2, 0) is 0 Å². The van der Waals surface area contributed by atoms with Gasteiger partial charge in [-0.15, -0.1) is 0 Å². The van der Waals surface area contributed by atoms with Gasteiger partial charge in [0.2, 0.25) is 0 Å². The summed E-state index contributed by atoms with van der Waals surface area (Å²) in [6.45, 7) is 2.25. The summed E-state index contributed by atoms with van der Waals surface area (Å²) in [6, 6.07) is 7.19. The number of aliphatic hydroxyl groups excluding tert-OH is 1. The molecule has 0 unspecified atom stereocenters. The van der Waals surface area contributed by atoms with Crippen molar-refractivity contribution in [2.75, 3.05) is 6.61 Å². The highest BCUT2D eigenvalue weighted by molar-refractivity contribution is 6.41. The lowest BCUT2D eigenvalue weighted by molar-refractivity contribution is 0.295. The van der Waals surface area contributed by atoms with Crippen LogP contribution >= 0.6 is 23.2 Å². The van der Waals surface area contributed by atoms with Gasteiger partial charge in [0.1, 0.15) is 0 Å². The van der Waals surface area contributed by atoms with Crippen molar-refractivity contribution >= 4 is 23.2 Å². The minimum Gasteiger partial charge on any atom is -0.396 e. The lowest BCUT2D eigenvalue weighted by Crippen LogP contribution is -1.69. The van der Waals surface area contributed by atoms with Crippen LogP contribution in [0, 0.1) is 0 Å². The molecule has 0 aliphatic heterocycles. The van der Waals surface area contributed by atoms with Crippen LogP contribution in [0.2, 0.25) is 10.0 Å².